The molecule has 2 rings (SSSR count). The smallest absolute Gasteiger partial charge is 0.0181 e. The van der Waals surface area contributed by atoms with Gasteiger partial charge in [-0.1, -0.05) is 49.7 Å². The van der Waals surface area contributed by atoms with E-state index in [-0.39, 0.29) is 6.15 Å². The van der Waals surface area contributed by atoms with Crippen molar-refractivity contribution in [1.82, 2.24) is 6.15 Å². The molecule has 2 aromatic carbocycles. The van der Waals surface area contributed by atoms with E-state index in [1.165, 1.54) is 41.2 Å². The van der Waals surface area contributed by atoms with Crippen LogP contribution in [0.2, 0.25) is 0 Å². The van der Waals surface area contributed by atoms with E-state index in [1.54, 1.807) is 0 Å². The second-order valence-electron chi connectivity index (χ2n) is 4.23. The molecule has 0 aliphatic carbocycles. The molecule has 0 atom stereocenters. The second-order valence-corrected chi connectivity index (χ2v) is 4.23. The molecule has 86 valence electrons. The molecule has 0 heterocycles. The van der Waals surface area contributed by atoms with Gasteiger partial charge in [-0.25, -0.2) is 0 Å². The summed E-state index contributed by atoms with van der Waals surface area (Å²) in [7, 11) is 0. The Balaban J connectivity index is 0.00000128. The van der Waals surface area contributed by atoms with Crippen molar-refractivity contribution < 1.29 is 0 Å². The van der Waals surface area contributed by atoms with Gasteiger partial charge >= 0.3 is 0 Å². The Bertz CT molecular complexity index is 460. The average molecular weight is 215 g/mol. The largest absolute Gasteiger partial charge is 0.344 e. The topological polar surface area (TPSA) is 35.0 Å². The molecule has 2 aromatic rings. The van der Waals surface area contributed by atoms with E-state index in [9.17, 15) is 0 Å². The molecule has 0 spiro atoms. The van der Waals surface area contributed by atoms with Gasteiger partial charge in [0.2, 0.25) is 0 Å². The van der Waals surface area contributed by atoms with Gasteiger partial charge in [-0.05, 0) is 41.7 Å². The van der Waals surface area contributed by atoms with Gasteiger partial charge < -0.3 is 6.15 Å². The van der Waals surface area contributed by atoms with Gasteiger partial charge in [0, 0.05) is 0 Å². The number of fused-ring (bicyclic) bond motifs is 1. The fourth-order valence-corrected chi connectivity index (χ4v) is 2.04. The normalized spacial score (nSPS) is 10.1. The molecule has 0 amide bonds. The zero-order valence-electron chi connectivity index (χ0n) is 10.3. The van der Waals surface area contributed by atoms with Crippen LogP contribution in [0.5, 0.6) is 0 Å². The predicted octanol–water partition coefficient (Wildman–Crippen LogP) is 4.65. The highest BCUT2D eigenvalue weighted by molar-refractivity contribution is 5.84. The highest BCUT2D eigenvalue weighted by Crippen LogP contribution is 2.20. The summed E-state index contributed by atoms with van der Waals surface area (Å²) in [5, 5.41) is 2.73. The highest BCUT2D eigenvalue weighted by Gasteiger charge is 2.00. The summed E-state index contributed by atoms with van der Waals surface area (Å²) in [5.41, 5.74) is 2.94. The molecular formula is C15H21N. The molecule has 0 saturated heterocycles. The molecule has 0 aromatic heterocycles. The molecule has 16 heavy (non-hydrogen) atoms. The maximum absolute atomic E-state index is 2.35. The molecule has 0 saturated carbocycles. The van der Waals surface area contributed by atoms with E-state index in [1.807, 2.05) is 0 Å². The summed E-state index contributed by atoms with van der Waals surface area (Å²) in [5.74, 6) is 0. The van der Waals surface area contributed by atoms with Crippen LogP contribution in [-0.2, 0) is 6.42 Å². The van der Waals surface area contributed by atoms with Gasteiger partial charge in [-0.3, -0.25) is 0 Å². The van der Waals surface area contributed by atoms with Crippen LogP contribution in [0, 0.1) is 6.92 Å². The number of hydrogen-bond acceptors (Lipinski definition) is 1. The van der Waals surface area contributed by atoms with Crippen molar-refractivity contribution >= 4 is 10.8 Å². The van der Waals surface area contributed by atoms with Crippen LogP contribution >= 0.6 is 0 Å². The zero-order valence-corrected chi connectivity index (χ0v) is 10.3. The number of benzene rings is 2. The van der Waals surface area contributed by atoms with Crippen molar-refractivity contribution in [1.29, 1.82) is 0 Å². The Morgan fingerprint density at radius 1 is 1.00 bits per heavy atom. The molecule has 0 aliphatic rings. The maximum Gasteiger partial charge on any atom is -0.0181 e. The van der Waals surface area contributed by atoms with Crippen molar-refractivity contribution in [2.24, 2.45) is 0 Å². The van der Waals surface area contributed by atoms with Gasteiger partial charge in [-0.15, -0.1) is 0 Å². The Hall–Kier alpha value is -1.34. The molecule has 0 bridgehead atoms. The summed E-state index contributed by atoms with van der Waals surface area (Å²) in [6.07, 6.45) is 3.78. The van der Waals surface area contributed by atoms with Crippen LogP contribution in [-0.4, -0.2) is 0 Å². The van der Waals surface area contributed by atoms with E-state index < -0.39 is 0 Å². The van der Waals surface area contributed by atoms with Crippen LogP contribution in [0.15, 0.2) is 36.4 Å². The predicted molar refractivity (Wildman–Crippen MR) is 72.3 cm³/mol. The van der Waals surface area contributed by atoms with E-state index in [0.717, 1.165) is 0 Å². The summed E-state index contributed by atoms with van der Waals surface area (Å²) in [4.78, 5) is 0. The van der Waals surface area contributed by atoms with Crippen molar-refractivity contribution in [3.05, 3.63) is 47.5 Å². The fraction of sp³-hybridized carbons (Fsp3) is 0.333. The van der Waals surface area contributed by atoms with Crippen molar-refractivity contribution in [2.45, 2.75) is 33.1 Å². The Labute approximate surface area is 98.1 Å². The standard InChI is InChI=1S/C15H18.H3N/c1-3-4-7-13-11-15-9-6-5-8-14(15)10-12(13)2;/h5-6,8-11H,3-4,7H2,1-2H3;1H3. The lowest BCUT2D eigenvalue weighted by Crippen LogP contribution is -1.89. The van der Waals surface area contributed by atoms with Crippen LogP contribution in [0.4, 0.5) is 0 Å². The summed E-state index contributed by atoms with van der Waals surface area (Å²) in [6, 6.07) is 13.3. The quantitative estimate of drug-likeness (QED) is 0.794. The molecule has 3 N–H and O–H groups in total. The minimum Gasteiger partial charge on any atom is -0.344 e. The van der Waals surface area contributed by atoms with Gasteiger partial charge in [-0.2, -0.15) is 0 Å². The first-order chi connectivity index (χ1) is 7.31. The Morgan fingerprint density at radius 3 is 2.25 bits per heavy atom. The van der Waals surface area contributed by atoms with Crippen LogP contribution in [0.3, 0.4) is 0 Å². The van der Waals surface area contributed by atoms with E-state index in [0.29, 0.717) is 0 Å². The fourth-order valence-electron chi connectivity index (χ4n) is 2.04. The first kappa shape index (κ1) is 12.7. The monoisotopic (exact) mass is 215 g/mol. The van der Waals surface area contributed by atoms with Gasteiger partial charge in [0.1, 0.15) is 0 Å². The van der Waals surface area contributed by atoms with E-state index in [4.69, 9.17) is 0 Å². The van der Waals surface area contributed by atoms with Crippen molar-refractivity contribution in [2.75, 3.05) is 0 Å². The summed E-state index contributed by atoms with van der Waals surface area (Å²) in [6.45, 7) is 4.47. The molecule has 0 unspecified atom stereocenters. The van der Waals surface area contributed by atoms with Crippen LogP contribution in [0.25, 0.3) is 10.8 Å². The molecule has 0 radical (unpaired) electrons. The lowest BCUT2D eigenvalue weighted by Gasteiger charge is -2.07. The maximum atomic E-state index is 2.35. The van der Waals surface area contributed by atoms with E-state index in [2.05, 4.69) is 50.2 Å². The lowest BCUT2D eigenvalue weighted by atomic mass is 9.98. The third kappa shape index (κ3) is 2.61. The number of aryl methyl sites for hydroxylation is 2. The summed E-state index contributed by atoms with van der Waals surface area (Å²) >= 11 is 0. The van der Waals surface area contributed by atoms with Crippen LogP contribution in [0.1, 0.15) is 30.9 Å². The zero-order chi connectivity index (χ0) is 10.7. The third-order valence-corrected chi connectivity index (χ3v) is 3.00. The summed E-state index contributed by atoms with van der Waals surface area (Å²) < 4.78 is 0. The minimum atomic E-state index is 0. The SMILES string of the molecule is CCCCc1cc2ccccc2cc1C.N. The number of hydrogen-bond donors (Lipinski definition) is 1. The Kier molecular flexibility index (Phi) is 4.51. The molecule has 0 fully saturated rings. The Morgan fingerprint density at radius 2 is 1.62 bits per heavy atom. The number of unbranched alkanes of at least 4 members (excludes halogenated alkanes) is 1. The minimum absolute atomic E-state index is 0. The third-order valence-electron chi connectivity index (χ3n) is 3.00. The van der Waals surface area contributed by atoms with Gasteiger partial charge in [0.25, 0.3) is 0 Å². The first-order valence-electron chi connectivity index (χ1n) is 5.79. The molecule has 0 aliphatic heterocycles. The van der Waals surface area contributed by atoms with Gasteiger partial charge in [0.15, 0.2) is 0 Å². The van der Waals surface area contributed by atoms with Gasteiger partial charge in [0.05, 0.1) is 0 Å². The molecular weight excluding hydrogens is 194 g/mol. The second kappa shape index (κ2) is 5.66. The van der Waals surface area contributed by atoms with Crippen molar-refractivity contribution in [3.63, 3.8) is 0 Å². The highest BCUT2D eigenvalue weighted by atomic mass is 14.1. The number of rotatable bonds is 3. The molecule has 1 heteroatoms. The average Bonchev–Trinajstić information content (AvgIpc) is 2.26. The lowest BCUT2D eigenvalue weighted by molar-refractivity contribution is 0.792. The first-order valence-corrected chi connectivity index (χ1v) is 5.79. The van der Waals surface area contributed by atoms with E-state index >= 15 is 0 Å². The van der Waals surface area contributed by atoms with Crippen molar-refractivity contribution in [3.8, 4) is 0 Å². The van der Waals surface area contributed by atoms with Crippen LogP contribution < -0.4 is 6.15 Å². The molecule has 1 nitrogen and oxygen atoms in total.